The highest BCUT2D eigenvalue weighted by molar-refractivity contribution is 4.77. The summed E-state index contributed by atoms with van der Waals surface area (Å²) in [5.41, 5.74) is 0. The molecule has 0 radical (unpaired) electrons. The van der Waals surface area contributed by atoms with Crippen molar-refractivity contribution in [3.8, 4) is 0 Å². The van der Waals surface area contributed by atoms with Crippen molar-refractivity contribution < 1.29 is 4.68 Å². The molecule has 12 heavy (non-hydrogen) atoms. The Balaban J connectivity index is 2.13. The largest absolute Gasteiger partial charge is 0.195 e. The quantitative estimate of drug-likeness (QED) is 0.561. The van der Waals surface area contributed by atoms with Crippen LogP contribution in [0.3, 0.4) is 0 Å². The Bertz CT molecular complexity index is 246. The van der Waals surface area contributed by atoms with Gasteiger partial charge in [0.05, 0.1) is 12.2 Å². The summed E-state index contributed by atoms with van der Waals surface area (Å²) in [5, 5.41) is 0. The third-order valence-corrected chi connectivity index (χ3v) is 2.85. The zero-order chi connectivity index (χ0) is 8.39. The predicted octanol–water partition coefficient (Wildman–Crippen LogP) is 1.82. The van der Waals surface area contributed by atoms with Crippen molar-refractivity contribution in [2.75, 3.05) is 0 Å². The number of aryl methyl sites for hydroxylation is 1. The van der Waals surface area contributed by atoms with E-state index in [0.29, 0.717) is 0 Å². The second-order valence-corrected chi connectivity index (χ2v) is 3.74. The molecule has 0 unspecified atom stereocenters. The number of hydrogen-bond acceptors (Lipinski definition) is 0. The molecule has 0 spiro atoms. The highest BCUT2D eigenvalue weighted by atomic mass is 15.4. The van der Waals surface area contributed by atoms with Crippen molar-refractivity contribution >= 4 is 0 Å². The lowest BCUT2D eigenvalue weighted by Crippen LogP contribution is -2.40. The van der Waals surface area contributed by atoms with Gasteiger partial charge >= 0.3 is 0 Å². The second kappa shape index (κ2) is 3.30. The lowest BCUT2D eigenvalue weighted by atomic mass is 9.96. The zero-order valence-electron chi connectivity index (χ0n) is 7.74. The first kappa shape index (κ1) is 7.84. The van der Waals surface area contributed by atoms with E-state index in [2.05, 4.69) is 34.9 Å². The topological polar surface area (TPSA) is 8.81 Å². The molecule has 2 heteroatoms. The molecule has 1 saturated carbocycles. The summed E-state index contributed by atoms with van der Waals surface area (Å²) in [5.74, 6) is 0. The molecular formula is C10H17N2+. The lowest BCUT2D eigenvalue weighted by Gasteiger charge is -2.20. The van der Waals surface area contributed by atoms with Gasteiger partial charge in [-0.05, 0) is 12.8 Å². The van der Waals surface area contributed by atoms with Gasteiger partial charge in [0.15, 0.2) is 13.2 Å². The molecule has 0 atom stereocenters. The smallest absolute Gasteiger partial charge is 0.158 e. The Hall–Kier alpha value is -0.790. The van der Waals surface area contributed by atoms with E-state index in [0.717, 1.165) is 6.04 Å². The SMILES string of the molecule is C[n+]1cccn1C1CCCCC1. The first-order valence-corrected chi connectivity index (χ1v) is 4.90. The monoisotopic (exact) mass is 165 g/mol. The van der Waals surface area contributed by atoms with Gasteiger partial charge in [0.25, 0.3) is 0 Å². The number of rotatable bonds is 1. The van der Waals surface area contributed by atoms with Gasteiger partial charge in [-0.1, -0.05) is 19.3 Å². The van der Waals surface area contributed by atoms with Gasteiger partial charge in [-0.2, -0.15) is 4.68 Å². The second-order valence-electron chi connectivity index (χ2n) is 3.74. The highest BCUT2D eigenvalue weighted by Gasteiger charge is 2.19. The fourth-order valence-electron chi connectivity index (χ4n) is 2.16. The molecule has 0 saturated heterocycles. The number of aromatic nitrogens is 2. The molecule has 2 rings (SSSR count). The van der Waals surface area contributed by atoms with Gasteiger partial charge in [-0.3, -0.25) is 0 Å². The van der Waals surface area contributed by atoms with Crippen LogP contribution in [0.5, 0.6) is 0 Å². The summed E-state index contributed by atoms with van der Waals surface area (Å²) in [6.07, 6.45) is 11.3. The van der Waals surface area contributed by atoms with E-state index in [1.54, 1.807) is 0 Å². The normalized spacial score (nSPS) is 19.8. The van der Waals surface area contributed by atoms with E-state index < -0.39 is 0 Å². The Morgan fingerprint density at radius 2 is 2.00 bits per heavy atom. The summed E-state index contributed by atoms with van der Waals surface area (Å²) in [7, 11) is 2.12. The molecule has 0 N–H and O–H groups in total. The Labute approximate surface area is 73.8 Å². The first-order valence-electron chi connectivity index (χ1n) is 4.90. The van der Waals surface area contributed by atoms with Crippen LogP contribution in [0.25, 0.3) is 0 Å². The summed E-state index contributed by atoms with van der Waals surface area (Å²) in [6, 6.07) is 2.88. The van der Waals surface area contributed by atoms with Gasteiger partial charge in [0.1, 0.15) is 0 Å². The van der Waals surface area contributed by atoms with E-state index in [1.165, 1.54) is 32.1 Å². The zero-order valence-corrected chi connectivity index (χ0v) is 7.74. The third-order valence-electron chi connectivity index (χ3n) is 2.85. The lowest BCUT2D eigenvalue weighted by molar-refractivity contribution is -0.756. The molecule has 2 nitrogen and oxygen atoms in total. The molecule has 1 fully saturated rings. The average molecular weight is 165 g/mol. The molecule has 0 amide bonds. The summed E-state index contributed by atoms with van der Waals surface area (Å²) < 4.78 is 4.55. The van der Waals surface area contributed by atoms with Crippen LogP contribution in [0.1, 0.15) is 38.1 Å². The van der Waals surface area contributed by atoms with Crippen LogP contribution in [-0.2, 0) is 7.05 Å². The number of nitrogens with zero attached hydrogens (tertiary/aromatic N) is 2. The molecule has 0 bridgehead atoms. The minimum Gasteiger partial charge on any atom is -0.158 e. The van der Waals surface area contributed by atoms with Crippen molar-refractivity contribution in [3.63, 3.8) is 0 Å². The van der Waals surface area contributed by atoms with Crippen LogP contribution >= 0.6 is 0 Å². The van der Waals surface area contributed by atoms with E-state index in [-0.39, 0.29) is 0 Å². The Morgan fingerprint density at radius 1 is 1.25 bits per heavy atom. The molecule has 1 aromatic heterocycles. The van der Waals surface area contributed by atoms with Crippen molar-refractivity contribution in [3.05, 3.63) is 18.5 Å². The average Bonchev–Trinajstić information content (AvgIpc) is 2.53. The van der Waals surface area contributed by atoms with Crippen LogP contribution in [0.15, 0.2) is 18.5 Å². The standard InChI is InChI=1S/C10H17N2/c1-11-8-5-9-12(11)10-6-3-2-4-7-10/h5,8-10H,2-4,6-7H2,1H3/q+1. The van der Waals surface area contributed by atoms with Gasteiger partial charge in [0.2, 0.25) is 0 Å². The van der Waals surface area contributed by atoms with Crippen molar-refractivity contribution in [1.29, 1.82) is 0 Å². The molecule has 1 aromatic rings. The van der Waals surface area contributed by atoms with Gasteiger partial charge in [-0.25, -0.2) is 0 Å². The Morgan fingerprint density at radius 3 is 2.58 bits per heavy atom. The highest BCUT2D eigenvalue weighted by Crippen LogP contribution is 2.26. The van der Waals surface area contributed by atoms with E-state index >= 15 is 0 Å². The molecular weight excluding hydrogens is 148 g/mol. The maximum Gasteiger partial charge on any atom is 0.195 e. The molecule has 1 heterocycles. The van der Waals surface area contributed by atoms with Gasteiger partial charge in [-0.15, -0.1) is 4.68 Å². The van der Waals surface area contributed by atoms with Crippen LogP contribution in [-0.4, -0.2) is 4.68 Å². The van der Waals surface area contributed by atoms with E-state index in [9.17, 15) is 0 Å². The summed E-state index contributed by atoms with van der Waals surface area (Å²) in [6.45, 7) is 0. The van der Waals surface area contributed by atoms with Crippen LogP contribution in [0, 0.1) is 0 Å². The van der Waals surface area contributed by atoms with Gasteiger partial charge < -0.3 is 0 Å². The molecule has 1 aliphatic carbocycles. The maximum absolute atomic E-state index is 2.36. The van der Waals surface area contributed by atoms with Crippen molar-refractivity contribution in [2.45, 2.75) is 38.1 Å². The first-order chi connectivity index (χ1) is 5.88. The molecule has 0 aliphatic heterocycles. The Kier molecular flexibility index (Phi) is 2.15. The minimum absolute atomic E-state index is 0.763. The van der Waals surface area contributed by atoms with Crippen molar-refractivity contribution in [1.82, 2.24) is 4.68 Å². The molecule has 66 valence electrons. The summed E-state index contributed by atoms with van der Waals surface area (Å²) in [4.78, 5) is 0. The van der Waals surface area contributed by atoms with Crippen LogP contribution in [0.4, 0.5) is 0 Å². The maximum atomic E-state index is 2.36. The van der Waals surface area contributed by atoms with Gasteiger partial charge in [0, 0.05) is 6.07 Å². The predicted molar refractivity (Wildman–Crippen MR) is 47.7 cm³/mol. The summed E-state index contributed by atoms with van der Waals surface area (Å²) >= 11 is 0. The third kappa shape index (κ3) is 1.38. The molecule has 1 aliphatic rings. The number of hydrogen-bond donors (Lipinski definition) is 0. The molecule has 0 aromatic carbocycles. The minimum atomic E-state index is 0.763. The van der Waals surface area contributed by atoms with Crippen LogP contribution < -0.4 is 4.68 Å². The fourth-order valence-corrected chi connectivity index (χ4v) is 2.16. The van der Waals surface area contributed by atoms with Crippen molar-refractivity contribution in [2.24, 2.45) is 7.05 Å². The van der Waals surface area contributed by atoms with E-state index in [4.69, 9.17) is 0 Å². The van der Waals surface area contributed by atoms with Crippen LogP contribution in [0.2, 0.25) is 0 Å². The fraction of sp³-hybridized carbons (Fsp3) is 0.700. The van der Waals surface area contributed by atoms with E-state index in [1.807, 2.05) is 0 Å².